The summed E-state index contributed by atoms with van der Waals surface area (Å²) >= 11 is 3.41. The molecule has 1 aromatic rings. The smallest absolute Gasteiger partial charge is 0.241 e. The van der Waals surface area contributed by atoms with Gasteiger partial charge in [-0.25, -0.2) is 13.1 Å². The van der Waals surface area contributed by atoms with E-state index in [0.29, 0.717) is 15.9 Å². The molecule has 0 radical (unpaired) electrons. The van der Waals surface area contributed by atoms with Gasteiger partial charge in [0.25, 0.3) is 0 Å². The number of hydrogen-bond donors (Lipinski definition) is 2. The van der Waals surface area contributed by atoms with E-state index in [-0.39, 0.29) is 6.04 Å². The number of rotatable bonds is 5. The number of nitrogens with one attached hydrogen (secondary N) is 2. The summed E-state index contributed by atoms with van der Waals surface area (Å²) in [6, 6.07) is 3.82. The molecule has 2 N–H and O–H groups in total. The Morgan fingerprint density at radius 2 is 1.95 bits per heavy atom. The minimum atomic E-state index is -3.46. The third-order valence-corrected chi connectivity index (χ3v) is 6.49. The second kappa shape index (κ2) is 6.56. The van der Waals surface area contributed by atoms with Crippen LogP contribution in [0.4, 0.5) is 0 Å². The molecule has 0 spiro atoms. The van der Waals surface area contributed by atoms with Gasteiger partial charge in [0.1, 0.15) is 0 Å². The maximum Gasteiger partial charge on any atom is 0.241 e. The average Bonchev–Trinajstić information content (AvgIpc) is 2.85. The predicted octanol–water partition coefficient (Wildman–Crippen LogP) is 2.70. The Kier molecular flexibility index (Phi) is 5.23. The lowest BCUT2D eigenvalue weighted by Crippen LogP contribution is -2.33. The van der Waals surface area contributed by atoms with Crippen molar-refractivity contribution in [2.75, 3.05) is 7.05 Å². The molecule has 0 aromatic heterocycles. The highest BCUT2D eigenvalue weighted by Gasteiger charge is 2.25. The van der Waals surface area contributed by atoms with E-state index in [9.17, 15) is 8.42 Å². The molecule has 0 heterocycles. The summed E-state index contributed by atoms with van der Waals surface area (Å²) in [4.78, 5) is 0.342. The number of benzene rings is 1. The molecular formula is C14H21BrN2O2S. The van der Waals surface area contributed by atoms with E-state index >= 15 is 0 Å². The van der Waals surface area contributed by atoms with Crippen LogP contribution in [0.15, 0.2) is 21.5 Å². The van der Waals surface area contributed by atoms with Gasteiger partial charge in [0.15, 0.2) is 0 Å². The average molecular weight is 361 g/mol. The van der Waals surface area contributed by atoms with Crippen LogP contribution in [0.1, 0.15) is 36.8 Å². The molecule has 0 bridgehead atoms. The Balaban J connectivity index is 2.33. The molecule has 2 rings (SSSR count). The lowest BCUT2D eigenvalue weighted by atomic mass is 10.1. The lowest BCUT2D eigenvalue weighted by molar-refractivity contribution is 0.551. The lowest BCUT2D eigenvalue weighted by Gasteiger charge is -2.16. The van der Waals surface area contributed by atoms with Crippen LogP contribution in [-0.2, 0) is 16.6 Å². The van der Waals surface area contributed by atoms with Crippen LogP contribution in [0.25, 0.3) is 0 Å². The maximum absolute atomic E-state index is 12.6. The first-order valence-corrected chi connectivity index (χ1v) is 9.17. The van der Waals surface area contributed by atoms with Crippen molar-refractivity contribution >= 4 is 26.0 Å². The van der Waals surface area contributed by atoms with Gasteiger partial charge in [0.2, 0.25) is 10.0 Å². The molecule has 1 aromatic carbocycles. The number of halogens is 1. The van der Waals surface area contributed by atoms with Crippen LogP contribution in [0.2, 0.25) is 0 Å². The van der Waals surface area contributed by atoms with E-state index in [2.05, 4.69) is 26.0 Å². The molecule has 20 heavy (non-hydrogen) atoms. The standard InChI is InChI=1S/C14H21BrN2O2S/c1-10-7-11(9-16-2)8-13(14(10)15)20(18,19)17-12-5-3-4-6-12/h7-8,12,16-17H,3-6,9H2,1-2H3. The van der Waals surface area contributed by atoms with Crippen LogP contribution in [0.5, 0.6) is 0 Å². The molecule has 0 aliphatic heterocycles. The number of sulfonamides is 1. The van der Waals surface area contributed by atoms with Crippen LogP contribution in [-0.4, -0.2) is 21.5 Å². The summed E-state index contributed by atoms with van der Waals surface area (Å²) in [7, 11) is -1.61. The van der Waals surface area contributed by atoms with Gasteiger partial charge in [0.05, 0.1) is 4.90 Å². The van der Waals surface area contributed by atoms with E-state index < -0.39 is 10.0 Å². The topological polar surface area (TPSA) is 58.2 Å². The van der Waals surface area contributed by atoms with Gasteiger partial charge >= 0.3 is 0 Å². The first-order valence-electron chi connectivity index (χ1n) is 6.90. The first kappa shape index (κ1) is 15.9. The first-order chi connectivity index (χ1) is 9.44. The van der Waals surface area contributed by atoms with E-state index in [1.54, 1.807) is 6.07 Å². The zero-order valence-corrected chi connectivity index (χ0v) is 14.3. The van der Waals surface area contributed by atoms with E-state index in [1.165, 1.54) is 0 Å². The Bertz CT molecular complexity index is 581. The van der Waals surface area contributed by atoms with Gasteiger partial charge in [0, 0.05) is 17.1 Å². The predicted molar refractivity (Wildman–Crippen MR) is 84.2 cm³/mol. The van der Waals surface area contributed by atoms with Gasteiger partial charge in [-0.3, -0.25) is 0 Å². The summed E-state index contributed by atoms with van der Waals surface area (Å²) in [5, 5.41) is 3.05. The minimum Gasteiger partial charge on any atom is -0.316 e. The van der Waals surface area contributed by atoms with Gasteiger partial charge in [-0.05, 0) is 59.9 Å². The summed E-state index contributed by atoms with van der Waals surface area (Å²) in [5.41, 5.74) is 1.91. The van der Waals surface area contributed by atoms with Crippen molar-refractivity contribution in [2.24, 2.45) is 0 Å². The number of hydrogen-bond acceptors (Lipinski definition) is 3. The normalized spacial score (nSPS) is 16.8. The zero-order chi connectivity index (χ0) is 14.8. The third-order valence-electron chi connectivity index (χ3n) is 3.63. The summed E-state index contributed by atoms with van der Waals surface area (Å²) < 4.78 is 28.6. The van der Waals surface area contributed by atoms with Crippen molar-refractivity contribution in [3.63, 3.8) is 0 Å². The van der Waals surface area contributed by atoms with Gasteiger partial charge in [-0.1, -0.05) is 18.9 Å². The maximum atomic E-state index is 12.6. The fraction of sp³-hybridized carbons (Fsp3) is 0.571. The molecule has 0 atom stereocenters. The highest BCUT2D eigenvalue weighted by Crippen LogP contribution is 2.28. The fourth-order valence-corrected chi connectivity index (χ4v) is 5.01. The van der Waals surface area contributed by atoms with Crippen LogP contribution in [0, 0.1) is 6.92 Å². The molecular weight excluding hydrogens is 340 g/mol. The van der Waals surface area contributed by atoms with E-state index in [0.717, 1.165) is 36.8 Å². The second-order valence-corrected chi connectivity index (χ2v) is 7.83. The van der Waals surface area contributed by atoms with Crippen LogP contribution < -0.4 is 10.0 Å². The highest BCUT2D eigenvalue weighted by atomic mass is 79.9. The quantitative estimate of drug-likeness (QED) is 0.848. The van der Waals surface area contributed by atoms with Crippen molar-refractivity contribution in [3.05, 3.63) is 27.7 Å². The van der Waals surface area contributed by atoms with Gasteiger partial charge < -0.3 is 5.32 Å². The van der Waals surface area contributed by atoms with Crippen molar-refractivity contribution in [2.45, 2.75) is 50.1 Å². The van der Waals surface area contributed by atoms with Crippen molar-refractivity contribution < 1.29 is 8.42 Å². The SMILES string of the molecule is CNCc1cc(C)c(Br)c(S(=O)(=O)NC2CCCC2)c1. The van der Waals surface area contributed by atoms with Crippen molar-refractivity contribution in [1.29, 1.82) is 0 Å². The molecule has 0 unspecified atom stereocenters. The Hall–Kier alpha value is -0.430. The minimum absolute atomic E-state index is 0.0835. The van der Waals surface area contributed by atoms with Gasteiger partial charge in [-0.2, -0.15) is 0 Å². The van der Waals surface area contributed by atoms with E-state index in [1.807, 2.05) is 20.0 Å². The molecule has 1 saturated carbocycles. The highest BCUT2D eigenvalue weighted by molar-refractivity contribution is 9.10. The third kappa shape index (κ3) is 3.61. The van der Waals surface area contributed by atoms with Crippen LogP contribution in [0.3, 0.4) is 0 Å². The molecule has 1 aliphatic rings. The van der Waals surface area contributed by atoms with Crippen molar-refractivity contribution in [3.8, 4) is 0 Å². The summed E-state index contributed by atoms with van der Waals surface area (Å²) in [6.45, 7) is 2.57. The molecule has 112 valence electrons. The molecule has 1 fully saturated rings. The van der Waals surface area contributed by atoms with Crippen molar-refractivity contribution in [1.82, 2.24) is 10.0 Å². The zero-order valence-electron chi connectivity index (χ0n) is 11.9. The number of aryl methyl sites for hydroxylation is 1. The Labute approximate surface area is 129 Å². The summed E-state index contributed by atoms with van der Waals surface area (Å²) in [5.74, 6) is 0. The van der Waals surface area contributed by atoms with E-state index in [4.69, 9.17) is 0 Å². The molecule has 0 amide bonds. The summed E-state index contributed by atoms with van der Waals surface area (Å²) in [6.07, 6.45) is 4.08. The largest absolute Gasteiger partial charge is 0.316 e. The molecule has 0 saturated heterocycles. The fourth-order valence-electron chi connectivity index (χ4n) is 2.64. The van der Waals surface area contributed by atoms with Gasteiger partial charge in [-0.15, -0.1) is 0 Å². The Morgan fingerprint density at radius 3 is 2.55 bits per heavy atom. The van der Waals surface area contributed by atoms with Crippen LogP contribution >= 0.6 is 15.9 Å². The molecule has 1 aliphatic carbocycles. The molecule has 6 heteroatoms. The molecule has 4 nitrogen and oxygen atoms in total. The Morgan fingerprint density at radius 1 is 1.30 bits per heavy atom. The monoisotopic (exact) mass is 360 g/mol. The second-order valence-electron chi connectivity index (χ2n) is 5.36.